The molecule has 1 fully saturated rings. The van der Waals surface area contributed by atoms with Crippen LogP contribution in [0.1, 0.15) is 23.2 Å². The Hall–Kier alpha value is -3.40. The first-order valence-corrected chi connectivity index (χ1v) is 13.6. The lowest BCUT2D eigenvalue weighted by molar-refractivity contribution is -0.117. The smallest absolute Gasteiger partial charge is 0.299 e. The van der Waals surface area contributed by atoms with Gasteiger partial charge in [0.1, 0.15) is 16.5 Å². The van der Waals surface area contributed by atoms with Gasteiger partial charge in [0.2, 0.25) is 5.91 Å². The van der Waals surface area contributed by atoms with Gasteiger partial charge in [-0.2, -0.15) is 21.6 Å². The van der Waals surface area contributed by atoms with Crippen molar-refractivity contribution in [2.45, 2.75) is 23.8 Å². The van der Waals surface area contributed by atoms with E-state index in [0.29, 0.717) is 25.9 Å². The van der Waals surface area contributed by atoms with Gasteiger partial charge >= 0.3 is 0 Å². The molecule has 3 aliphatic heterocycles. The van der Waals surface area contributed by atoms with Gasteiger partial charge in [0.25, 0.3) is 20.2 Å². The van der Waals surface area contributed by atoms with Crippen LogP contribution in [0.15, 0.2) is 45.8 Å². The number of piperidine rings is 1. The maximum absolute atomic E-state index is 12.9. The Morgan fingerprint density at radius 3 is 2.60 bits per heavy atom. The van der Waals surface area contributed by atoms with E-state index in [-0.39, 0.29) is 39.5 Å². The van der Waals surface area contributed by atoms with Crippen LogP contribution in [-0.4, -0.2) is 58.5 Å². The second kappa shape index (κ2) is 8.67. The summed E-state index contributed by atoms with van der Waals surface area (Å²) in [5.74, 6) is -3.18. The van der Waals surface area contributed by atoms with E-state index in [1.807, 2.05) is 0 Å². The molecule has 0 aliphatic carbocycles. The van der Waals surface area contributed by atoms with Gasteiger partial charge in [0.05, 0.1) is 16.9 Å². The van der Waals surface area contributed by atoms with Gasteiger partial charge in [0.15, 0.2) is 11.7 Å². The molecule has 1 atom stereocenters. The third-order valence-corrected chi connectivity index (χ3v) is 8.25. The number of hydrogen-bond acceptors (Lipinski definition) is 9. The van der Waals surface area contributed by atoms with Crippen LogP contribution in [0.25, 0.3) is 0 Å². The third kappa shape index (κ3) is 4.62. The average Bonchev–Trinajstić information content (AvgIpc) is 2.79. The van der Waals surface area contributed by atoms with Crippen LogP contribution in [0, 0.1) is 5.92 Å². The minimum Gasteiger partial charge on any atom is -0.341 e. The molecule has 1 amide bonds. The number of amidine groups is 1. The number of fused-ring (bicyclic) bond motifs is 2. The molecule has 3 aliphatic rings. The maximum atomic E-state index is 12.9. The molecular formula is C20H21N7O6S2. The van der Waals surface area contributed by atoms with E-state index in [4.69, 9.17) is 0 Å². The monoisotopic (exact) mass is 519 g/mol. The second-order valence-corrected chi connectivity index (χ2v) is 11.2. The number of benzene rings is 1. The lowest BCUT2D eigenvalue weighted by Gasteiger charge is -2.27. The average molecular weight is 520 g/mol. The summed E-state index contributed by atoms with van der Waals surface area (Å²) in [6, 6.07) is 6.60. The van der Waals surface area contributed by atoms with E-state index < -0.39 is 37.8 Å². The van der Waals surface area contributed by atoms with E-state index in [1.54, 1.807) is 0 Å². The molecule has 0 bridgehead atoms. The highest BCUT2D eigenvalue weighted by Gasteiger charge is 2.42. The predicted molar refractivity (Wildman–Crippen MR) is 127 cm³/mol. The minimum absolute atomic E-state index is 0.0145. The molecular weight excluding hydrogens is 498 g/mol. The van der Waals surface area contributed by atoms with Crippen molar-refractivity contribution in [3.63, 3.8) is 0 Å². The van der Waals surface area contributed by atoms with Crippen LogP contribution in [0.5, 0.6) is 0 Å². The zero-order valence-electron chi connectivity index (χ0n) is 18.1. The number of amides is 1. The molecule has 5 rings (SSSR count). The van der Waals surface area contributed by atoms with Crippen LogP contribution in [0.2, 0.25) is 0 Å². The number of rotatable bonds is 5. The quantitative estimate of drug-likeness (QED) is 0.340. The van der Waals surface area contributed by atoms with E-state index >= 15 is 0 Å². The molecule has 0 spiro atoms. The number of carbonyl (C=O) groups is 2. The Kier molecular flexibility index (Phi) is 5.79. The van der Waals surface area contributed by atoms with Crippen molar-refractivity contribution < 1.29 is 26.4 Å². The number of nitrogens with zero attached hydrogens (tertiary/aromatic N) is 2. The molecule has 0 radical (unpaired) electrons. The molecule has 1 unspecified atom stereocenters. The number of carbonyl (C=O) groups excluding carboxylic acids is 2. The number of pyridine rings is 1. The van der Waals surface area contributed by atoms with Crippen molar-refractivity contribution in [1.29, 1.82) is 0 Å². The molecule has 15 heteroatoms. The Morgan fingerprint density at radius 1 is 1.06 bits per heavy atom. The van der Waals surface area contributed by atoms with Crippen molar-refractivity contribution >= 4 is 55.0 Å². The summed E-state index contributed by atoms with van der Waals surface area (Å²) in [5.41, 5.74) is 0.207. The molecule has 35 heavy (non-hydrogen) atoms. The Labute approximate surface area is 201 Å². The molecule has 5 N–H and O–H groups in total. The number of sulfonamides is 1. The first-order valence-electron chi connectivity index (χ1n) is 10.7. The highest BCUT2D eigenvalue weighted by molar-refractivity contribution is 7.91. The number of hydrogen-bond donors (Lipinski definition) is 5. The lowest BCUT2D eigenvalue weighted by atomic mass is 9.92. The summed E-state index contributed by atoms with van der Waals surface area (Å²) in [4.78, 5) is 29.2. The molecule has 13 nitrogen and oxygen atoms in total. The summed E-state index contributed by atoms with van der Waals surface area (Å²) in [6.45, 7) is 1.39. The zero-order valence-corrected chi connectivity index (χ0v) is 19.7. The van der Waals surface area contributed by atoms with E-state index in [9.17, 15) is 26.4 Å². The Bertz CT molecular complexity index is 1470. The van der Waals surface area contributed by atoms with Gasteiger partial charge in [-0.25, -0.2) is 4.98 Å². The topological polar surface area (TPSA) is 188 Å². The van der Waals surface area contributed by atoms with Gasteiger partial charge in [0, 0.05) is 12.2 Å². The van der Waals surface area contributed by atoms with Gasteiger partial charge < -0.3 is 16.0 Å². The van der Waals surface area contributed by atoms with Crippen molar-refractivity contribution in [2.75, 3.05) is 28.4 Å². The van der Waals surface area contributed by atoms with Gasteiger partial charge in [-0.3, -0.25) is 14.3 Å². The Balaban J connectivity index is 1.40. The fourth-order valence-electron chi connectivity index (χ4n) is 4.13. The van der Waals surface area contributed by atoms with Crippen LogP contribution < -0.4 is 25.4 Å². The fraction of sp³-hybridized carbons (Fsp3) is 0.300. The third-order valence-electron chi connectivity index (χ3n) is 5.77. The molecule has 4 heterocycles. The fourth-order valence-corrected chi connectivity index (χ4v) is 6.48. The van der Waals surface area contributed by atoms with Gasteiger partial charge in [-0.15, -0.1) is 4.40 Å². The maximum Gasteiger partial charge on any atom is 0.299 e. The number of ketones is 1. The van der Waals surface area contributed by atoms with Crippen LogP contribution >= 0.6 is 0 Å². The first-order chi connectivity index (χ1) is 16.6. The zero-order chi connectivity index (χ0) is 24.8. The van der Waals surface area contributed by atoms with Crippen molar-refractivity contribution in [1.82, 2.24) is 15.0 Å². The lowest BCUT2D eigenvalue weighted by Crippen LogP contribution is -2.45. The summed E-state index contributed by atoms with van der Waals surface area (Å²) < 4.78 is 59.4. The number of anilines is 3. The molecule has 184 valence electrons. The number of Topliss-reactive ketones (excluding diaryl/α,β-unsaturated/α-hetero) is 1. The molecule has 1 saturated heterocycles. The minimum atomic E-state index is -4.36. The highest BCUT2D eigenvalue weighted by atomic mass is 32.2. The van der Waals surface area contributed by atoms with Crippen molar-refractivity contribution in [2.24, 2.45) is 10.3 Å². The predicted octanol–water partition coefficient (Wildman–Crippen LogP) is 0.0438. The van der Waals surface area contributed by atoms with Crippen molar-refractivity contribution in [3.05, 3.63) is 42.1 Å². The van der Waals surface area contributed by atoms with Gasteiger partial charge in [-0.05, 0) is 56.3 Å². The van der Waals surface area contributed by atoms with Crippen LogP contribution in [0.3, 0.4) is 0 Å². The normalized spacial score (nSPS) is 21.7. The van der Waals surface area contributed by atoms with Crippen LogP contribution in [-0.2, 0) is 25.0 Å². The summed E-state index contributed by atoms with van der Waals surface area (Å²) in [5, 5.41) is 8.36. The second-order valence-electron chi connectivity index (χ2n) is 8.22. The summed E-state index contributed by atoms with van der Waals surface area (Å²) in [6.07, 6.45) is 2.68. The molecule has 2 aromatic rings. The highest BCUT2D eigenvalue weighted by Crippen LogP contribution is 2.33. The van der Waals surface area contributed by atoms with Crippen LogP contribution in [0.4, 0.5) is 17.2 Å². The standard InChI is InChI=1S/C20H21N7O6S2/c28-17-13-2-1-7-22-18(13)24-20(29)16(17)19-23-14-4-3-12(10-15(14)34(30,31)27-19)26-35(32,33)25-11-5-8-21-9-6-11/h1-4,7,10-11,16,21,25-26H,5-6,8-9H2,(H,23,27)(H,22,24,29). The SMILES string of the molecule is O=C1Nc2ncccc2C(=O)C1C1=NS(=O)(=O)c2cc(NS(=O)(=O)NC3CCNCC3)ccc2N1. The number of aromatic nitrogens is 1. The van der Waals surface area contributed by atoms with E-state index in [1.165, 1.54) is 30.5 Å². The summed E-state index contributed by atoms with van der Waals surface area (Å²) >= 11 is 0. The van der Waals surface area contributed by atoms with E-state index in [2.05, 4.69) is 34.8 Å². The van der Waals surface area contributed by atoms with Crippen molar-refractivity contribution in [3.8, 4) is 0 Å². The van der Waals surface area contributed by atoms with E-state index in [0.717, 1.165) is 6.07 Å². The number of nitrogens with one attached hydrogen (secondary N) is 5. The summed E-state index contributed by atoms with van der Waals surface area (Å²) in [7, 11) is -8.31. The molecule has 0 saturated carbocycles. The molecule has 1 aromatic carbocycles. The van der Waals surface area contributed by atoms with Gasteiger partial charge in [-0.1, -0.05) is 0 Å². The first kappa shape index (κ1) is 23.3. The molecule has 1 aromatic heterocycles. The largest absolute Gasteiger partial charge is 0.341 e. The Morgan fingerprint density at radius 2 is 1.83 bits per heavy atom.